The molecule has 0 spiro atoms. The fraction of sp³-hybridized carbons (Fsp3) is 0.400. The minimum absolute atomic E-state index is 0.00291. The zero-order chi connectivity index (χ0) is 23.8. The van der Waals surface area contributed by atoms with Crippen molar-refractivity contribution in [3.8, 4) is 11.5 Å². The van der Waals surface area contributed by atoms with E-state index in [1.807, 2.05) is 11.9 Å². The van der Waals surface area contributed by atoms with Gasteiger partial charge in [-0.1, -0.05) is 19.3 Å². The normalized spacial score (nSPS) is 13.7. The molecule has 176 valence electrons. The summed E-state index contributed by atoms with van der Waals surface area (Å²) in [5, 5.41) is 5.29. The number of nitrogens with zero attached hydrogens (tertiary/aromatic N) is 1. The zero-order valence-electron chi connectivity index (χ0n) is 19.3. The summed E-state index contributed by atoms with van der Waals surface area (Å²) in [7, 11) is 4.85. The molecule has 2 aromatic carbocycles. The van der Waals surface area contributed by atoms with Crippen molar-refractivity contribution in [2.45, 2.75) is 38.1 Å². The van der Waals surface area contributed by atoms with Crippen LogP contribution in [0.4, 0.5) is 5.69 Å². The quantitative estimate of drug-likeness (QED) is 0.638. The Bertz CT molecular complexity index is 984. The number of rotatable bonds is 8. The second-order valence-electron chi connectivity index (χ2n) is 8.07. The SMILES string of the molecule is CNC(=O)COc1ccc(C(=O)Nc2ccc(C(=O)N(C)C3CCCCC3)cc2)cc1OC. The third-order valence-corrected chi connectivity index (χ3v) is 5.90. The monoisotopic (exact) mass is 453 g/mol. The van der Waals surface area contributed by atoms with E-state index < -0.39 is 0 Å². The molecule has 1 fully saturated rings. The van der Waals surface area contributed by atoms with Crippen LogP contribution in [-0.4, -0.2) is 56.5 Å². The molecule has 0 bridgehead atoms. The van der Waals surface area contributed by atoms with Crippen molar-refractivity contribution >= 4 is 23.4 Å². The molecule has 3 amide bonds. The number of carbonyl (C=O) groups is 3. The summed E-state index contributed by atoms with van der Waals surface area (Å²) in [5.74, 6) is 0.105. The first-order chi connectivity index (χ1) is 15.9. The Morgan fingerprint density at radius 2 is 1.64 bits per heavy atom. The van der Waals surface area contributed by atoms with Crippen LogP contribution in [0.25, 0.3) is 0 Å². The number of amides is 3. The van der Waals surface area contributed by atoms with Gasteiger partial charge in [-0.05, 0) is 55.3 Å². The molecule has 0 aliphatic heterocycles. The van der Waals surface area contributed by atoms with Crippen LogP contribution in [0, 0.1) is 0 Å². The van der Waals surface area contributed by atoms with Gasteiger partial charge in [0.15, 0.2) is 18.1 Å². The van der Waals surface area contributed by atoms with Crippen LogP contribution in [0.2, 0.25) is 0 Å². The lowest BCUT2D eigenvalue weighted by atomic mass is 9.94. The van der Waals surface area contributed by atoms with E-state index in [9.17, 15) is 14.4 Å². The van der Waals surface area contributed by atoms with Gasteiger partial charge < -0.3 is 25.0 Å². The van der Waals surface area contributed by atoms with Gasteiger partial charge in [-0.25, -0.2) is 0 Å². The number of hydrogen-bond donors (Lipinski definition) is 2. The molecule has 1 aliphatic rings. The van der Waals surface area contributed by atoms with Gasteiger partial charge in [0.25, 0.3) is 17.7 Å². The molecule has 0 atom stereocenters. The minimum atomic E-state index is -0.329. The standard InChI is InChI=1S/C25H31N3O5/c1-26-23(29)16-33-21-14-11-18(15-22(21)32-3)24(30)27-19-12-9-17(10-13-19)25(31)28(2)20-7-5-4-6-8-20/h9-15,20H,4-8,16H2,1-3H3,(H,26,29)(H,27,30). The summed E-state index contributed by atoms with van der Waals surface area (Å²) in [5.41, 5.74) is 1.55. The Morgan fingerprint density at radius 1 is 0.970 bits per heavy atom. The van der Waals surface area contributed by atoms with Crippen LogP contribution in [0.3, 0.4) is 0 Å². The highest BCUT2D eigenvalue weighted by Crippen LogP contribution is 2.28. The molecule has 0 saturated heterocycles. The van der Waals surface area contributed by atoms with Crippen molar-refractivity contribution in [2.24, 2.45) is 0 Å². The summed E-state index contributed by atoms with van der Waals surface area (Å²) < 4.78 is 10.7. The van der Waals surface area contributed by atoms with Gasteiger partial charge in [0.1, 0.15) is 0 Å². The minimum Gasteiger partial charge on any atom is -0.493 e. The lowest BCUT2D eigenvalue weighted by Gasteiger charge is -2.31. The summed E-state index contributed by atoms with van der Waals surface area (Å²) >= 11 is 0. The van der Waals surface area contributed by atoms with Gasteiger partial charge in [-0.2, -0.15) is 0 Å². The van der Waals surface area contributed by atoms with Gasteiger partial charge in [-0.15, -0.1) is 0 Å². The van der Waals surface area contributed by atoms with E-state index in [0.29, 0.717) is 34.4 Å². The number of anilines is 1. The Balaban J connectivity index is 1.63. The number of benzene rings is 2. The second kappa shape index (κ2) is 11.4. The maximum atomic E-state index is 12.8. The maximum Gasteiger partial charge on any atom is 0.257 e. The van der Waals surface area contributed by atoms with Crippen LogP contribution in [0.5, 0.6) is 11.5 Å². The third kappa shape index (κ3) is 6.25. The molecule has 8 heteroatoms. The highest BCUT2D eigenvalue weighted by molar-refractivity contribution is 6.05. The van der Waals surface area contributed by atoms with Gasteiger partial charge in [0, 0.05) is 37.0 Å². The van der Waals surface area contributed by atoms with E-state index in [2.05, 4.69) is 10.6 Å². The lowest BCUT2D eigenvalue weighted by Crippen LogP contribution is -2.38. The molecule has 0 heterocycles. The van der Waals surface area contributed by atoms with E-state index in [0.717, 1.165) is 12.8 Å². The molecule has 8 nitrogen and oxygen atoms in total. The number of carbonyl (C=O) groups excluding carboxylic acids is 3. The van der Waals surface area contributed by atoms with Crippen LogP contribution in [0.1, 0.15) is 52.8 Å². The van der Waals surface area contributed by atoms with Gasteiger partial charge in [-0.3, -0.25) is 14.4 Å². The summed E-state index contributed by atoms with van der Waals surface area (Å²) in [6.07, 6.45) is 5.67. The van der Waals surface area contributed by atoms with Crippen molar-refractivity contribution in [1.29, 1.82) is 0 Å². The fourth-order valence-electron chi connectivity index (χ4n) is 3.88. The van der Waals surface area contributed by atoms with E-state index in [-0.39, 0.29) is 24.3 Å². The first-order valence-electron chi connectivity index (χ1n) is 11.1. The Hall–Kier alpha value is -3.55. The average Bonchev–Trinajstić information content (AvgIpc) is 2.87. The van der Waals surface area contributed by atoms with Crippen molar-refractivity contribution < 1.29 is 23.9 Å². The van der Waals surface area contributed by atoms with E-state index >= 15 is 0 Å². The molecule has 2 N–H and O–H groups in total. The van der Waals surface area contributed by atoms with Gasteiger partial charge in [0.2, 0.25) is 0 Å². The predicted molar refractivity (Wildman–Crippen MR) is 126 cm³/mol. The summed E-state index contributed by atoms with van der Waals surface area (Å²) in [6.45, 7) is -0.153. The Morgan fingerprint density at radius 3 is 2.27 bits per heavy atom. The number of likely N-dealkylation sites (N-methyl/N-ethyl adjacent to an activating group) is 1. The number of ether oxygens (including phenoxy) is 2. The first-order valence-corrected chi connectivity index (χ1v) is 11.1. The van der Waals surface area contributed by atoms with Gasteiger partial charge >= 0.3 is 0 Å². The van der Waals surface area contributed by atoms with Crippen LogP contribution < -0.4 is 20.1 Å². The maximum absolute atomic E-state index is 12.8. The van der Waals surface area contributed by atoms with Crippen LogP contribution >= 0.6 is 0 Å². The van der Waals surface area contributed by atoms with Crippen molar-refractivity contribution in [3.63, 3.8) is 0 Å². The molecular formula is C25H31N3O5. The zero-order valence-corrected chi connectivity index (χ0v) is 19.3. The number of nitrogens with one attached hydrogen (secondary N) is 2. The third-order valence-electron chi connectivity index (χ3n) is 5.90. The molecule has 33 heavy (non-hydrogen) atoms. The molecule has 3 rings (SSSR count). The van der Waals surface area contributed by atoms with E-state index in [1.54, 1.807) is 42.5 Å². The average molecular weight is 454 g/mol. The molecule has 2 aromatic rings. The molecular weight excluding hydrogens is 422 g/mol. The molecule has 0 radical (unpaired) electrons. The van der Waals surface area contributed by atoms with Crippen LogP contribution in [-0.2, 0) is 4.79 Å². The predicted octanol–water partition coefficient (Wildman–Crippen LogP) is 3.48. The largest absolute Gasteiger partial charge is 0.493 e. The second-order valence-corrected chi connectivity index (χ2v) is 8.07. The molecule has 0 unspecified atom stereocenters. The Kier molecular flexibility index (Phi) is 8.29. The smallest absolute Gasteiger partial charge is 0.257 e. The molecule has 1 aliphatic carbocycles. The lowest BCUT2D eigenvalue weighted by molar-refractivity contribution is -0.122. The first kappa shape index (κ1) is 24.1. The van der Waals surface area contributed by atoms with Crippen molar-refractivity contribution in [3.05, 3.63) is 53.6 Å². The molecule has 0 aromatic heterocycles. The van der Waals surface area contributed by atoms with E-state index in [1.165, 1.54) is 33.4 Å². The van der Waals surface area contributed by atoms with Gasteiger partial charge in [0.05, 0.1) is 7.11 Å². The highest BCUT2D eigenvalue weighted by atomic mass is 16.5. The highest BCUT2D eigenvalue weighted by Gasteiger charge is 2.23. The summed E-state index contributed by atoms with van der Waals surface area (Å²) in [6, 6.07) is 11.9. The van der Waals surface area contributed by atoms with E-state index in [4.69, 9.17) is 9.47 Å². The van der Waals surface area contributed by atoms with Crippen molar-refractivity contribution in [2.75, 3.05) is 33.1 Å². The fourth-order valence-corrected chi connectivity index (χ4v) is 3.88. The number of hydrogen-bond acceptors (Lipinski definition) is 5. The molecule has 1 saturated carbocycles. The van der Waals surface area contributed by atoms with Crippen molar-refractivity contribution in [1.82, 2.24) is 10.2 Å². The van der Waals surface area contributed by atoms with Crippen LogP contribution in [0.15, 0.2) is 42.5 Å². The Labute approximate surface area is 194 Å². The number of methoxy groups -OCH3 is 1. The topological polar surface area (TPSA) is 97.0 Å². The summed E-state index contributed by atoms with van der Waals surface area (Å²) in [4.78, 5) is 38.7.